The van der Waals surface area contributed by atoms with Gasteiger partial charge < -0.3 is 25.0 Å². The van der Waals surface area contributed by atoms with Crippen LogP contribution in [0, 0.1) is 17.6 Å². The quantitative estimate of drug-likeness (QED) is 0.641. The van der Waals surface area contributed by atoms with Gasteiger partial charge in [0, 0.05) is 49.5 Å². The number of amides is 2. The Morgan fingerprint density at radius 1 is 1.31 bits per heavy atom. The average molecular weight is 447 g/mol. The second-order valence-electron chi connectivity index (χ2n) is 8.57. The maximum absolute atomic E-state index is 13.8. The van der Waals surface area contributed by atoms with E-state index in [9.17, 15) is 33.4 Å². The monoisotopic (exact) mass is 447 g/mol. The molecule has 1 aromatic carbocycles. The van der Waals surface area contributed by atoms with Crippen LogP contribution in [0.1, 0.15) is 46.7 Å². The molecule has 32 heavy (non-hydrogen) atoms. The van der Waals surface area contributed by atoms with Crippen LogP contribution in [0.25, 0.3) is 0 Å². The molecule has 2 amide bonds. The van der Waals surface area contributed by atoms with Crippen molar-refractivity contribution in [1.29, 1.82) is 0 Å². The first kappa shape index (κ1) is 21.9. The van der Waals surface area contributed by atoms with Gasteiger partial charge in [-0.2, -0.15) is 0 Å². The molecule has 1 aromatic heterocycles. The summed E-state index contributed by atoms with van der Waals surface area (Å²) in [5.41, 5.74) is -2.37. The fourth-order valence-electron chi connectivity index (χ4n) is 4.34. The second-order valence-corrected chi connectivity index (χ2v) is 8.57. The van der Waals surface area contributed by atoms with Crippen molar-refractivity contribution in [2.45, 2.75) is 38.4 Å². The molecule has 8 nitrogen and oxygen atoms in total. The summed E-state index contributed by atoms with van der Waals surface area (Å²) in [6.45, 7) is 3.42. The molecule has 1 fully saturated rings. The van der Waals surface area contributed by atoms with Crippen molar-refractivity contribution in [2.75, 3.05) is 13.2 Å². The Labute approximate surface area is 182 Å². The molecular weight excluding hydrogens is 424 g/mol. The van der Waals surface area contributed by atoms with Crippen molar-refractivity contribution in [3.05, 3.63) is 63.1 Å². The molecule has 2 aromatic rings. The molecule has 2 aliphatic rings. The van der Waals surface area contributed by atoms with Gasteiger partial charge in [-0.25, -0.2) is 8.78 Å². The van der Waals surface area contributed by atoms with Crippen LogP contribution in [0.4, 0.5) is 8.78 Å². The Kier molecular flexibility index (Phi) is 5.28. The molecule has 170 valence electrons. The summed E-state index contributed by atoms with van der Waals surface area (Å²) in [6, 6.07) is 2.70. The molecule has 0 unspecified atom stereocenters. The van der Waals surface area contributed by atoms with Crippen LogP contribution in [0.3, 0.4) is 0 Å². The molecule has 4 rings (SSSR count). The maximum atomic E-state index is 13.8. The van der Waals surface area contributed by atoms with E-state index in [1.54, 1.807) is 0 Å². The van der Waals surface area contributed by atoms with Gasteiger partial charge in [0.2, 0.25) is 5.43 Å². The standard InChI is InChI=1S/C22H23F2N3O5/c1-11(2)26-10-22(6-13(22)9-28)27-8-15(18(29)19(30)17(27)21(26)32)20(31)25-7-12-3-4-14(23)5-16(12)24/h3-5,8,11,13,28,30H,6-7,9-10H2,1-2H3,(H,25,31)/t13-,22+/m0/s1. The van der Waals surface area contributed by atoms with E-state index in [4.69, 9.17) is 0 Å². The van der Waals surface area contributed by atoms with Crippen molar-refractivity contribution < 1.29 is 28.6 Å². The van der Waals surface area contributed by atoms with Gasteiger partial charge >= 0.3 is 0 Å². The number of carbonyl (C=O) groups excluding carboxylic acids is 2. The number of aromatic nitrogens is 1. The normalized spacial score (nSPS) is 21.8. The number of nitrogens with zero attached hydrogens (tertiary/aromatic N) is 2. The van der Waals surface area contributed by atoms with Crippen molar-refractivity contribution in [1.82, 2.24) is 14.8 Å². The number of benzene rings is 1. The summed E-state index contributed by atoms with van der Waals surface area (Å²) >= 11 is 0. The summed E-state index contributed by atoms with van der Waals surface area (Å²) in [5.74, 6) is -4.07. The summed E-state index contributed by atoms with van der Waals surface area (Å²) < 4.78 is 28.3. The van der Waals surface area contributed by atoms with Crippen LogP contribution >= 0.6 is 0 Å². The number of halogens is 2. The van der Waals surface area contributed by atoms with E-state index in [0.717, 1.165) is 6.07 Å². The Bertz CT molecular complexity index is 1180. The molecule has 10 heteroatoms. The number of aliphatic hydroxyl groups is 1. The third-order valence-electron chi connectivity index (χ3n) is 6.31. The predicted molar refractivity (Wildman–Crippen MR) is 109 cm³/mol. The first-order chi connectivity index (χ1) is 15.1. The number of hydrogen-bond acceptors (Lipinski definition) is 5. The van der Waals surface area contributed by atoms with E-state index < -0.39 is 45.7 Å². The number of hydrogen-bond donors (Lipinski definition) is 3. The second kappa shape index (κ2) is 7.70. The lowest BCUT2D eigenvalue weighted by Gasteiger charge is -2.39. The van der Waals surface area contributed by atoms with Crippen molar-refractivity contribution in [2.24, 2.45) is 5.92 Å². The van der Waals surface area contributed by atoms with Crippen LogP contribution in [-0.2, 0) is 12.1 Å². The molecule has 1 aliphatic carbocycles. The molecule has 1 aliphatic heterocycles. The van der Waals surface area contributed by atoms with Crippen molar-refractivity contribution in [3.63, 3.8) is 0 Å². The molecule has 1 spiro atoms. The molecule has 3 N–H and O–H groups in total. The van der Waals surface area contributed by atoms with Gasteiger partial charge in [0.1, 0.15) is 17.2 Å². The number of pyridine rings is 1. The van der Waals surface area contributed by atoms with Gasteiger partial charge in [0.05, 0.1) is 5.54 Å². The fourth-order valence-corrected chi connectivity index (χ4v) is 4.34. The zero-order chi connectivity index (χ0) is 23.4. The molecule has 0 bridgehead atoms. The van der Waals surface area contributed by atoms with Crippen LogP contribution < -0.4 is 10.7 Å². The van der Waals surface area contributed by atoms with E-state index >= 15 is 0 Å². The maximum Gasteiger partial charge on any atom is 0.274 e. The summed E-state index contributed by atoms with van der Waals surface area (Å²) in [6.07, 6.45) is 1.73. The number of rotatable bonds is 5. The Morgan fingerprint density at radius 2 is 2.03 bits per heavy atom. The number of fused-ring (bicyclic) bond motifs is 2. The molecule has 1 saturated carbocycles. The topological polar surface area (TPSA) is 112 Å². The number of nitrogens with one attached hydrogen (secondary N) is 1. The highest BCUT2D eigenvalue weighted by atomic mass is 19.1. The van der Waals surface area contributed by atoms with Gasteiger partial charge in [0.15, 0.2) is 11.4 Å². The minimum absolute atomic E-state index is 0.0174. The molecule has 0 saturated heterocycles. The zero-order valence-corrected chi connectivity index (χ0v) is 17.6. The first-order valence-corrected chi connectivity index (χ1v) is 10.2. The van der Waals surface area contributed by atoms with Gasteiger partial charge in [-0.05, 0) is 26.3 Å². The van der Waals surface area contributed by atoms with Crippen LogP contribution in [0.2, 0.25) is 0 Å². The van der Waals surface area contributed by atoms with Crippen LogP contribution in [0.15, 0.2) is 29.2 Å². The molecule has 2 heterocycles. The third kappa shape index (κ3) is 3.35. The average Bonchev–Trinajstić information content (AvgIpc) is 3.45. The van der Waals surface area contributed by atoms with E-state index in [1.807, 2.05) is 13.8 Å². The number of aliphatic hydroxyl groups excluding tert-OH is 1. The summed E-state index contributed by atoms with van der Waals surface area (Å²) in [4.78, 5) is 40.0. The lowest BCUT2D eigenvalue weighted by Crippen LogP contribution is -2.52. The summed E-state index contributed by atoms with van der Waals surface area (Å²) in [5, 5.41) is 22.7. The van der Waals surface area contributed by atoms with E-state index in [2.05, 4.69) is 5.32 Å². The Balaban J connectivity index is 1.72. The minimum Gasteiger partial charge on any atom is -0.503 e. The highest BCUT2D eigenvalue weighted by molar-refractivity contribution is 5.99. The van der Waals surface area contributed by atoms with E-state index in [-0.39, 0.29) is 42.9 Å². The highest BCUT2D eigenvalue weighted by Crippen LogP contribution is 2.53. The van der Waals surface area contributed by atoms with Gasteiger partial charge in [-0.15, -0.1) is 0 Å². The molecule has 0 radical (unpaired) electrons. The van der Waals surface area contributed by atoms with Crippen LogP contribution in [-0.4, -0.2) is 50.7 Å². The number of carbonyl (C=O) groups is 2. The SMILES string of the molecule is CC(C)N1C[C@@]2(C[C@H]2CO)n2cc(C(=O)NCc3ccc(F)cc3F)c(=O)c(O)c2C1=O. The molecule has 2 atom stereocenters. The lowest BCUT2D eigenvalue weighted by atomic mass is 10.0. The third-order valence-corrected chi connectivity index (χ3v) is 6.31. The zero-order valence-electron chi connectivity index (χ0n) is 17.6. The molecular formula is C22H23F2N3O5. The smallest absolute Gasteiger partial charge is 0.274 e. The lowest BCUT2D eigenvalue weighted by molar-refractivity contribution is 0.0551. The van der Waals surface area contributed by atoms with Crippen molar-refractivity contribution >= 4 is 11.8 Å². The largest absolute Gasteiger partial charge is 0.503 e. The number of aromatic hydroxyl groups is 1. The predicted octanol–water partition coefficient (Wildman–Crippen LogP) is 1.33. The Hall–Kier alpha value is -3.27. The van der Waals surface area contributed by atoms with Gasteiger partial charge in [-0.1, -0.05) is 6.07 Å². The van der Waals surface area contributed by atoms with E-state index in [0.29, 0.717) is 12.5 Å². The Morgan fingerprint density at radius 3 is 2.62 bits per heavy atom. The van der Waals surface area contributed by atoms with Gasteiger partial charge in [0.25, 0.3) is 11.8 Å². The van der Waals surface area contributed by atoms with Gasteiger partial charge in [-0.3, -0.25) is 14.4 Å². The van der Waals surface area contributed by atoms with E-state index in [1.165, 1.54) is 21.7 Å². The summed E-state index contributed by atoms with van der Waals surface area (Å²) in [7, 11) is 0. The first-order valence-electron chi connectivity index (χ1n) is 10.2. The van der Waals surface area contributed by atoms with Crippen molar-refractivity contribution in [3.8, 4) is 5.75 Å². The minimum atomic E-state index is -1.02. The van der Waals surface area contributed by atoms with Crippen LogP contribution in [0.5, 0.6) is 5.75 Å². The fraction of sp³-hybridized carbons (Fsp3) is 0.409. The highest BCUT2D eigenvalue weighted by Gasteiger charge is 2.60.